The Morgan fingerprint density at radius 1 is 0.926 bits per heavy atom. The zero-order valence-electron chi connectivity index (χ0n) is 15.1. The van der Waals surface area contributed by atoms with Crippen LogP contribution in [-0.2, 0) is 23.1 Å². The van der Waals surface area contributed by atoms with Gasteiger partial charge in [-0.1, -0.05) is 42.5 Å². The highest BCUT2D eigenvalue weighted by Gasteiger charge is 2.34. The molecule has 2 aromatic rings. The van der Waals surface area contributed by atoms with Crippen molar-refractivity contribution < 1.29 is 8.42 Å². The third kappa shape index (κ3) is 3.17. The molecule has 5 nitrogen and oxygen atoms in total. The SMILES string of the molecule is O=S1(=O)N=C(C2CCN(C3Cc4ccccc4C3)CC2)c2ccccc2N1. The van der Waals surface area contributed by atoms with Crippen LogP contribution in [0.3, 0.4) is 0 Å². The van der Waals surface area contributed by atoms with E-state index in [1.807, 2.05) is 24.3 Å². The maximum Gasteiger partial charge on any atom is 0.342 e. The molecule has 2 heterocycles. The Morgan fingerprint density at radius 2 is 1.56 bits per heavy atom. The molecular formula is C21H23N3O2S. The minimum atomic E-state index is -3.64. The fraction of sp³-hybridized carbons (Fsp3) is 0.381. The van der Waals surface area contributed by atoms with Crippen LogP contribution in [0.1, 0.15) is 29.5 Å². The molecule has 1 fully saturated rings. The number of nitrogens with zero attached hydrogens (tertiary/aromatic N) is 2. The normalized spacial score (nSPS) is 22.6. The van der Waals surface area contributed by atoms with Crippen molar-refractivity contribution in [3.05, 3.63) is 65.2 Å². The molecule has 0 radical (unpaired) electrons. The Labute approximate surface area is 160 Å². The first kappa shape index (κ1) is 17.0. The van der Waals surface area contributed by atoms with Gasteiger partial charge in [0.15, 0.2) is 0 Å². The number of piperidine rings is 1. The molecule has 0 atom stereocenters. The Bertz CT molecular complexity index is 983. The van der Waals surface area contributed by atoms with Crippen LogP contribution in [0.25, 0.3) is 0 Å². The number of anilines is 1. The van der Waals surface area contributed by atoms with Gasteiger partial charge >= 0.3 is 10.2 Å². The van der Waals surface area contributed by atoms with Gasteiger partial charge in [0.05, 0.1) is 11.4 Å². The second kappa shape index (κ2) is 6.46. The van der Waals surface area contributed by atoms with Crippen molar-refractivity contribution in [2.75, 3.05) is 17.8 Å². The van der Waals surface area contributed by atoms with Gasteiger partial charge in [0.25, 0.3) is 0 Å². The number of hydrogen-bond acceptors (Lipinski definition) is 3. The molecule has 1 N–H and O–H groups in total. The predicted molar refractivity (Wildman–Crippen MR) is 107 cm³/mol. The van der Waals surface area contributed by atoms with Gasteiger partial charge in [-0.2, -0.15) is 8.42 Å². The van der Waals surface area contributed by atoms with Crippen LogP contribution in [0.15, 0.2) is 52.9 Å². The fourth-order valence-electron chi connectivity index (χ4n) is 4.76. The molecule has 0 unspecified atom stereocenters. The predicted octanol–water partition coefficient (Wildman–Crippen LogP) is 3.03. The fourth-order valence-corrected chi connectivity index (χ4v) is 5.77. The van der Waals surface area contributed by atoms with E-state index in [1.54, 1.807) is 0 Å². The highest BCUT2D eigenvalue weighted by Crippen LogP contribution is 2.33. The molecule has 3 aliphatic rings. The third-order valence-electron chi connectivity index (χ3n) is 6.12. The molecule has 140 valence electrons. The average molecular weight is 382 g/mol. The minimum absolute atomic E-state index is 0.197. The van der Waals surface area contributed by atoms with Gasteiger partial charge in [-0.05, 0) is 56.0 Å². The van der Waals surface area contributed by atoms with E-state index in [0.29, 0.717) is 11.7 Å². The first-order chi connectivity index (χ1) is 13.1. The average Bonchev–Trinajstić information content (AvgIpc) is 3.11. The lowest BCUT2D eigenvalue weighted by Gasteiger charge is -2.37. The number of nitrogens with one attached hydrogen (secondary N) is 1. The lowest BCUT2D eigenvalue weighted by molar-refractivity contribution is 0.154. The standard InChI is InChI=1S/C21H23N3O2S/c25-27(26)22-20-8-4-3-7-19(20)21(23-27)15-9-11-24(12-10-15)18-13-16-5-1-2-6-17(16)14-18/h1-8,15,18,22H,9-14H2. The quantitative estimate of drug-likeness (QED) is 0.870. The van der Waals surface area contributed by atoms with Crippen molar-refractivity contribution in [3.63, 3.8) is 0 Å². The van der Waals surface area contributed by atoms with Gasteiger partial charge in [0.1, 0.15) is 0 Å². The molecule has 0 aromatic heterocycles. The number of rotatable bonds is 2. The number of fused-ring (bicyclic) bond motifs is 2. The highest BCUT2D eigenvalue weighted by molar-refractivity contribution is 7.91. The maximum atomic E-state index is 12.2. The molecule has 1 saturated heterocycles. The smallest absolute Gasteiger partial charge is 0.300 e. The van der Waals surface area contributed by atoms with Crippen LogP contribution in [0, 0.1) is 5.92 Å². The van der Waals surface area contributed by atoms with Crippen molar-refractivity contribution in [2.24, 2.45) is 10.3 Å². The Kier molecular flexibility index (Phi) is 4.06. The molecule has 0 spiro atoms. The van der Waals surface area contributed by atoms with E-state index in [9.17, 15) is 8.42 Å². The molecule has 0 bridgehead atoms. The second-order valence-electron chi connectivity index (χ2n) is 7.74. The molecular weight excluding hydrogens is 358 g/mol. The first-order valence-electron chi connectivity index (χ1n) is 9.62. The van der Waals surface area contributed by atoms with Crippen molar-refractivity contribution in [2.45, 2.75) is 31.7 Å². The summed E-state index contributed by atoms with van der Waals surface area (Å²) in [7, 11) is -3.64. The van der Waals surface area contributed by atoms with Gasteiger partial charge in [0.2, 0.25) is 0 Å². The largest absolute Gasteiger partial charge is 0.342 e. The Morgan fingerprint density at radius 3 is 2.26 bits per heavy atom. The van der Waals surface area contributed by atoms with Crippen LogP contribution in [0.4, 0.5) is 5.69 Å². The maximum absolute atomic E-state index is 12.2. The summed E-state index contributed by atoms with van der Waals surface area (Å²) in [5.74, 6) is 0.197. The van der Waals surface area contributed by atoms with E-state index in [0.717, 1.165) is 50.0 Å². The summed E-state index contributed by atoms with van der Waals surface area (Å²) in [6.07, 6.45) is 4.16. The molecule has 2 aliphatic heterocycles. The summed E-state index contributed by atoms with van der Waals surface area (Å²) < 4.78 is 30.9. The molecule has 0 saturated carbocycles. The summed E-state index contributed by atoms with van der Waals surface area (Å²) in [6, 6.07) is 16.9. The van der Waals surface area contributed by atoms with Crippen LogP contribution in [-0.4, -0.2) is 38.2 Å². The number of hydrogen-bond donors (Lipinski definition) is 1. The summed E-state index contributed by atoms with van der Waals surface area (Å²) in [6.45, 7) is 2.00. The lowest BCUT2D eigenvalue weighted by atomic mass is 9.87. The lowest BCUT2D eigenvalue weighted by Crippen LogP contribution is -2.44. The molecule has 2 aromatic carbocycles. The second-order valence-corrected chi connectivity index (χ2v) is 9.08. The Hall–Kier alpha value is -2.18. The Balaban J connectivity index is 1.32. The third-order valence-corrected chi connectivity index (χ3v) is 7.04. The van der Waals surface area contributed by atoms with Gasteiger partial charge in [0, 0.05) is 17.5 Å². The van der Waals surface area contributed by atoms with E-state index >= 15 is 0 Å². The molecule has 6 heteroatoms. The van der Waals surface area contributed by atoms with Gasteiger partial charge in [-0.25, -0.2) is 0 Å². The van der Waals surface area contributed by atoms with E-state index in [4.69, 9.17) is 0 Å². The summed E-state index contributed by atoms with van der Waals surface area (Å²) in [5.41, 5.74) is 5.27. The molecule has 0 amide bonds. The molecule has 1 aliphatic carbocycles. The zero-order valence-corrected chi connectivity index (χ0v) is 16.0. The van der Waals surface area contributed by atoms with E-state index in [2.05, 4.69) is 38.3 Å². The topological polar surface area (TPSA) is 61.8 Å². The summed E-state index contributed by atoms with van der Waals surface area (Å²) >= 11 is 0. The van der Waals surface area contributed by atoms with Crippen molar-refractivity contribution >= 4 is 21.6 Å². The van der Waals surface area contributed by atoms with Crippen LogP contribution >= 0.6 is 0 Å². The monoisotopic (exact) mass is 381 g/mol. The van der Waals surface area contributed by atoms with Gasteiger partial charge in [-0.15, -0.1) is 4.40 Å². The summed E-state index contributed by atoms with van der Waals surface area (Å²) in [4.78, 5) is 2.58. The number of para-hydroxylation sites is 1. The van der Waals surface area contributed by atoms with Crippen LogP contribution < -0.4 is 4.72 Å². The first-order valence-corrected chi connectivity index (χ1v) is 11.1. The van der Waals surface area contributed by atoms with E-state index < -0.39 is 10.2 Å². The van der Waals surface area contributed by atoms with Crippen molar-refractivity contribution in [1.82, 2.24) is 4.90 Å². The minimum Gasteiger partial charge on any atom is -0.300 e. The van der Waals surface area contributed by atoms with Crippen molar-refractivity contribution in [1.29, 1.82) is 0 Å². The number of likely N-dealkylation sites (tertiary alicyclic amines) is 1. The van der Waals surface area contributed by atoms with Gasteiger partial charge in [-0.3, -0.25) is 9.62 Å². The van der Waals surface area contributed by atoms with E-state index in [1.165, 1.54) is 11.1 Å². The zero-order chi connectivity index (χ0) is 18.4. The van der Waals surface area contributed by atoms with Crippen LogP contribution in [0.5, 0.6) is 0 Å². The van der Waals surface area contributed by atoms with Crippen LogP contribution in [0.2, 0.25) is 0 Å². The van der Waals surface area contributed by atoms with Crippen molar-refractivity contribution in [3.8, 4) is 0 Å². The van der Waals surface area contributed by atoms with Gasteiger partial charge < -0.3 is 0 Å². The highest BCUT2D eigenvalue weighted by atomic mass is 32.2. The summed E-state index contributed by atoms with van der Waals surface area (Å²) in [5, 5.41) is 0. The van der Waals surface area contributed by atoms with E-state index in [-0.39, 0.29) is 5.92 Å². The molecule has 5 rings (SSSR count). The number of benzene rings is 2. The molecule has 27 heavy (non-hydrogen) atoms.